The lowest BCUT2D eigenvalue weighted by Gasteiger charge is -2.09. The van der Waals surface area contributed by atoms with Crippen LogP contribution in [0.5, 0.6) is 0 Å². The molecule has 0 saturated heterocycles. The van der Waals surface area contributed by atoms with Gasteiger partial charge in [0.1, 0.15) is 22.3 Å². The number of furan rings is 1. The normalized spacial score (nSPS) is 11.5. The summed E-state index contributed by atoms with van der Waals surface area (Å²) in [6, 6.07) is 7.45. The third kappa shape index (κ3) is 2.63. The molecule has 2 heterocycles. The van der Waals surface area contributed by atoms with Crippen LogP contribution >= 0.6 is 23.2 Å². The molecule has 5 heteroatoms. The summed E-state index contributed by atoms with van der Waals surface area (Å²) in [6.07, 6.45) is 0. The molecule has 0 fully saturated rings. The second-order valence-electron chi connectivity index (χ2n) is 5.29. The second-order valence-corrected chi connectivity index (χ2v) is 6.09. The van der Waals surface area contributed by atoms with Gasteiger partial charge in [0.2, 0.25) is 0 Å². The Labute approximate surface area is 132 Å². The molecule has 3 aromatic rings. The predicted octanol–water partition coefficient (Wildman–Crippen LogP) is 5.63. The van der Waals surface area contributed by atoms with E-state index in [1.54, 1.807) is 6.07 Å². The van der Waals surface area contributed by atoms with Crippen LogP contribution in [0.3, 0.4) is 0 Å². The van der Waals surface area contributed by atoms with E-state index in [0.29, 0.717) is 21.8 Å². The van der Waals surface area contributed by atoms with E-state index in [4.69, 9.17) is 27.6 Å². The first-order chi connectivity index (χ1) is 9.95. The van der Waals surface area contributed by atoms with Crippen molar-refractivity contribution in [3.05, 3.63) is 45.8 Å². The zero-order valence-corrected chi connectivity index (χ0v) is 13.5. The lowest BCUT2D eigenvalue weighted by atomic mass is 10.1. The van der Waals surface area contributed by atoms with Crippen molar-refractivity contribution in [2.75, 3.05) is 0 Å². The van der Waals surface area contributed by atoms with E-state index >= 15 is 0 Å². The molecule has 1 aromatic carbocycles. The van der Waals surface area contributed by atoms with E-state index in [9.17, 15) is 0 Å². The summed E-state index contributed by atoms with van der Waals surface area (Å²) in [7, 11) is 0. The smallest absolute Gasteiger partial charge is 0.154 e. The lowest BCUT2D eigenvalue weighted by Crippen LogP contribution is -2.01. The zero-order valence-electron chi connectivity index (χ0n) is 11.9. The molecule has 0 radical (unpaired) electrons. The fourth-order valence-electron chi connectivity index (χ4n) is 2.13. The highest BCUT2D eigenvalue weighted by Gasteiger charge is 2.16. The minimum atomic E-state index is 0.195. The van der Waals surface area contributed by atoms with Crippen LogP contribution in [0.25, 0.3) is 22.4 Å². The summed E-state index contributed by atoms with van der Waals surface area (Å²) >= 11 is 12.2. The Morgan fingerprint density at radius 3 is 2.57 bits per heavy atom. The van der Waals surface area contributed by atoms with Crippen LogP contribution in [-0.2, 0) is 0 Å². The molecule has 3 nitrogen and oxygen atoms in total. The van der Waals surface area contributed by atoms with Gasteiger partial charge in [-0.2, -0.15) is 0 Å². The first-order valence-corrected chi connectivity index (χ1v) is 7.45. The van der Waals surface area contributed by atoms with E-state index in [2.05, 4.69) is 9.97 Å². The van der Waals surface area contributed by atoms with Crippen molar-refractivity contribution in [3.63, 3.8) is 0 Å². The molecule has 0 saturated carbocycles. The van der Waals surface area contributed by atoms with Crippen LogP contribution in [-0.4, -0.2) is 9.97 Å². The number of rotatable bonds is 2. The summed E-state index contributed by atoms with van der Waals surface area (Å²) in [5.74, 6) is 1.58. The van der Waals surface area contributed by atoms with Gasteiger partial charge in [-0.05, 0) is 31.2 Å². The Bertz CT molecular complexity index is 825. The van der Waals surface area contributed by atoms with Gasteiger partial charge in [-0.25, -0.2) is 9.97 Å². The van der Waals surface area contributed by atoms with Crippen LogP contribution in [0.15, 0.2) is 28.7 Å². The zero-order chi connectivity index (χ0) is 15.1. The van der Waals surface area contributed by atoms with Crippen LogP contribution in [0.2, 0.25) is 10.2 Å². The number of fused-ring (bicyclic) bond motifs is 1. The molecule has 108 valence electrons. The SMILES string of the molecule is Cc1c(Cl)nc(C(C)C)nc1-c1cc2cc(Cl)ccc2o1. The summed E-state index contributed by atoms with van der Waals surface area (Å²) in [5, 5.41) is 2.08. The Balaban J connectivity index is 2.21. The maximum atomic E-state index is 6.22. The number of aromatic nitrogens is 2. The predicted molar refractivity (Wildman–Crippen MR) is 86.1 cm³/mol. The van der Waals surface area contributed by atoms with E-state index in [0.717, 1.165) is 22.2 Å². The molecular weight excluding hydrogens is 307 g/mol. The van der Waals surface area contributed by atoms with Gasteiger partial charge in [-0.1, -0.05) is 37.0 Å². The molecule has 0 bridgehead atoms. The van der Waals surface area contributed by atoms with Gasteiger partial charge in [0.25, 0.3) is 0 Å². The fourth-order valence-corrected chi connectivity index (χ4v) is 2.49. The minimum Gasteiger partial charge on any atom is -0.454 e. The van der Waals surface area contributed by atoms with Crippen LogP contribution in [0, 0.1) is 6.92 Å². The highest BCUT2D eigenvalue weighted by Crippen LogP contribution is 2.32. The average molecular weight is 321 g/mol. The van der Waals surface area contributed by atoms with Gasteiger partial charge < -0.3 is 4.42 Å². The van der Waals surface area contributed by atoms with Crippen molar-refractivity contribution in [2.24, 2.45) is 0 Å². The van der Waals surface area contributed by atoms with Crippen LogP contribution < -0.4 is 0 Å². The summed E-state index contributed by atoms with van der Waals surface area (Å²) in [4.78, 5) is 8.92. The number of hydrogen-bond donors (Lipinski definition) is 0. The van der Waals surface area contributed by atoms with Crippen molar-refractivity contribution < 1.29 is 4.42 Å². The molecule has 3 rings (SSSR count). The topological polar surface area (TPSA) is 38.9 Å². The number of benzene rings is 1. The number of nitrogens with zero attached hydrogens (tertiary/aromatic N) is 2. The maximum Gasteiger partial charge on any atom is 0.154 e. The summed E-state index contributed by atoms with van der Waals surface area (Å²) < 4.78 is 5.87. The van der Waals surface area contributed by atoms with E-state index in [-0.39, 0.29) is 5.92 Å². The van der Waals surface area contributed by atoms with E-state index in [1.807, 2.05) is 39.0 Å². The largest absolute Gasteiger partial charge is 0.454 e. The number of halogens is 2. The molecule has 21 heavy (non-hydrogen) atoms. The van der Waals surface area contributed by atoms with Crippen molar-refractivity contribution in [3.8, 4) is 11.5 Å². The van der Waals surface area contributed by atoms with Gasteiger partial charge in [0.05, 0.1) is 0 Å². The monoisotopic (exact) mass is 320 g/mol. The lowest BCUT2D eigenvalue weighted by molar-refractivity contribution is 0.625. The molecule has 0 aliphatic heterocycles. The van der Waals surface area contributed by atoms with Crippen LogP contribution in [0.1, 0.15) is 31.2 Å². The molecule has 0 atom stereocenters. The van der Waals surface area contributed by atoms with E-state index in [1.165, 1.54) is 0 Å². The van der Waals surface area contributed by atoms with Crippen molar-refractivity contribution in [1.82, 2.24) is 9.97 Å². The van der Waals surface area contributed by atoms with Crippen molar-refractivity contribution in [1.29, 1.82) is 0 Å². The Morgan fingerprint density at radius 2 is 1.86 bits per heavy atom. The average Bonchev–Trinajstić information content (AvgIpc) is 2.84. The second kappa shape index (κ2) is 5.32. The van der Waals surface area contributed by atoms with Crippen molar-refractivity contribution in [2.45, 2.75) is 26.7 Å². The first-order valence-electron chi connectivity index (χ1n) is 6.69. The fraction of sp³-hybridized carbons (Fsp3) is 0.250. The highest BCUT2D eigenvalue weighted by molar-refractivity contribution is 6.31. The quantitative estimate of drug-likeness (QED) is 0.574. The van der Waals surface area contributed by atoms with Gasteiger partial charge in [0, 0.05) is 21.9 Å². The molecule has 2 aromatic heterocycles. The molecule has 0 spiro atoms. The molecule has 0 amide bonds. The van der Waals surface area contributed by atoms with Gasteiger partial charge in [-0.15, -0.1) is 0 Å². The molecular formula is C16H14Cl2N2O. The van der Waals surface area contributed by atoms with E-state index < -0.39 is 0 Å². The third-order valence-electron chi connectivity index (χ3n) is 3.33. The minimum absolute atomic E-state index is 0.195. The third-order valence-corrected chi connectivity index (χ3v) is 3.93. The molecule has 0 N–H and O–H groups in total. The molecule has 0 aliphatic carbocycles. The standard InChI is InChI=1S/C16H14Cl2N2O/c1-8(2)16-19-14(9(3)15(18)20-16)13-7-10-6-11(17)4-5-12(10)21-13/h4-8H,1-3H3. The Kier molecular flexibility index (Phi) is 3.64. The highest BCUT2D eigenvalue weighted by atomic mass is 35.5. The van der Waals surface area contributed by atoms with Crippen LogP contribution in [0.4, 0.5) is 0 Å². The van der Waals surface area contributed by atoms with Gasteiger partial charge in [0.15, 0.2) is 5.76 Å². The molecule has 0 unspecified atom stereocenters. The maximum absolute atomic E-state index is 6.22. The van der Waals surface area contributed by atoms with Crippen molar-refractivity contribution >= 4 is 34.2 Å². The number of hydrogen-bond acceptors (Lipinski definition) is 3. The molecule has 0 aliphatic rings. The van der Waals surface area contributed by atoms with Gasteiger partial charge in [-0.3, -0.25) is 0 Å². The summed E-state index contributed by atoms with van der Waals surface area (Å²) in [5.41, 5.74) is 2.31. The Hall–Kier alpha value is -1.58. The van der Waals surface area contributed by atoms with Gasteiger partial charge >= 0.3 is 0 Å². The Morgan fingerprint density at radius 1 is 1.10 bits per heavy atom. The summed E-state index contributed by atoms with van der Waals surface area (Å²) in [6.45, 7) is 5.95. The first kappa shape index (κ1) is 14.4.